The van der Waals surface area contributed by atoms with Gasteiger partial charge in [0.25, 0.3) is 5.89 Å². The molecule has 3 rings (SSSR count). The summed E-state index contributed by atoms with van der Waals surface area (Å²) < 4.78 is 20.9. The van der Waals surface area contributed by atoms with Crippen molar-refractivity contribution >= 4 is 11.7 Å². The molecule has 9 nitrogen and oxygen atoms in total. The Hall–Kier alpha value is -3.10. The van der Waals surface area contributed by atoms with Gasteiger partial charge in [0, 0.05) is 12.0 Å². The molecule has 0 N–H and O–H groups in total. The number of rotatable bonds is 7. The highest BCUT2D eigenvalue weighted by atomic mass is 16.7. The SMILES string of the molecule is CCOC(=O)COc1cc(C2=NOC(C)(c3nnco3)C2)ccc1OC. The van der Waals surface area contributed by atoms with Crippen LogP contribution in [0.2, 0.25) is 0 Å². The van der Waals surface area contributed by atoms with E-state index in [0.29, 0.717) is 36.1 Å². The van der Waals surface area contributed by atoms with Crippen LogP contribution >= 0.6 is 0 Å². The second kappa shape index (κ2) is 7.42. The highest BCUT2D eigenvalue weighted by Crippen LogP contribution is 2.36. The van der Waals surface area contributed by atoms with Crippen LogP contribution in [0.4, 0.5) is 0 Å². The van der Waals surface area contributed by atoms with Gasteiger partial charge in [0.2, 0.25) is 12.0 Å². The Kier molecular flexibility index (Phi) is 5.06. The summed E-state index contributed by atoms with van der Waals surface area (Å²) in [5, 5.41) is 11.7. The molecule has 2 heterocycles. The monoisotopic (exact) mass is 361 g/mol. The van der Waals surface area contributed by atoms with Crippen LogP contribution in [-0.2, 0) is 20.0 Å². The summed E-state index contributed by atoms with van der Waals surface area (Å²) in [7, 11) is 1.52. The molecule has 0 saturated heterocycles. The van der Waals surface area contributed by atoms with Crippen molar-refractivity contribution in [3.05, 3.63) is 36.0 Å². The molecule has 1 aliphatic heterocycles. The van der Waals surface area contributed by atoms with Crippen LogP contribution in [0, 0.1) is 0 Å². The van der Waals surface area contributed by atoms with Gasteiger partial charge in [-0.1, -0.05) is 5.16 Å². The van der Waals surface area contributed by atoms with Crippen LogP contribution in [0.1, 0.15) is 31.7 Å². The number of esters is 1. The predicted octanol–water partition coefficient (Wildman–Crippen LogP) is 2.06. The van der Waals surface area contributed by atoms with Gasteiger partial charge in [-0.15, -0.1) is 10.2 Å². The molecule has 1 aromatic carbocycles. The predicted molar refractivity (Wildman–Crippen MR) is 89.0 cm³/mol. The summed E-state index contributed by atoms with van der Waals surface area (Å²) in [6.07, 6.45) is 1.69. The van der Waals surface area contributed by atoms with E-state index in [-0.39, 0.29) is 6.61 Å². The maximum absolute atomic E-state index is 11.5. The average molecular weight is 361 g/mol. The van der Waals surface area contributed by atoms with Gasteiger partial charge in [0.05, 0.1) is 19.4 Å². The summed E-state index contributed by atoms with van der Waals surface area (Å²) in [5.41, 5.74) is 0.639. The van der Waals surface area contributed by atoms with Crippen LogP contribution in [0.3, 0.4) is 0 Å². The van der Waals surface area contributed by atoms with E-state index in [1.54, 1.807) is 19.1 Å². The van der Waals surface area contributed by atoms with Gasteiger partial charge in [-0.2, -0.15) is 0 Å². The molecule has 2 aromatic rings. The minimum absolute atomic E-state index is 0.212. The summed E-state index contributed by atoms with van der Waals surface area (Å²) in [5.74, 6) is 0.804. The average Bonchev–Trinajstić information content (AvgIpc) is 3.31. The van der Waals surface area contributed by atoms with E-state index >= 15 is 0 Å². The maximum Gasteiger partial charge on any atom is 0.344 e. The van der Waals surface area contributed by atoms with E-state index < -0.39 is 11.6 Å². The molecule has 26 heavy (non-hydrogen) atoms. The molecule has 1 unspecified atom stereocenters. The van der Waals surface area contributed by atoms with Crippen LogP contribution < -0.4 is 9.47 Å². The van der Waals surface area contributed by atoms with Crippen molar-refractivity contribution in [2.24, 2.45) is 5.16 Å². The first kappa shape index (κ1) is 17.7. The van der Waals surface area contributed by atoms with E-state index in [0.717, 1.165) is 5.56 Å². The summed E-state index contributed by atoms with van der Waals surface area (Å²) >= 11 is 0. The molecule has 138 valence electrons. The highest BCUT2D eigenvalue weighted by molar-refractivity contribution is 6.02. The lowest BCUT2D eigenvalue weighted by Crippen LogP contribution is -2.22. The topological polar surface area (TPSA) is 105 Å². The molecular weight excluding hydrogens is 342 g/mol. The fraction of sp³-hybridized carbons (Fsp3) is 0.412. The zero-order valence-electron chi connectivity index (χ0n) is 14.7. The molecule has 0 bridgehead atoms. The molecule has 0 aliphatic carbocycles. The Morgan fingerprint density at radius 1 is 1.35 bits per heavy atom. The Balaban J connectivity index is 1.76. The highest BCUT2D eigenvalue weighted by Gasteiger charge is 2.41. The molecule has 9 heteroatoms. The fourth-order valence-electron chi connectivity index (χ4n) is 2.52. The van der Waals surface area contributed by atoms with Crippen molar-refractivity contribution in [3.8, 4) is 11.5 Å². The van der Waals surface area contributed by atoms with Gasteiger partial charge in [0.1, 0.15) is 0 Å². The molecule has 1 aromatic heterocycles. The zero-order chi connectivity index (χ0) is 18.6. The standard InChI is InChI=1S/C17H19N3O6/c1-4-23-15(21)9-24-14-7-11(5-6-13(14)22-3)12-8-17(2,26-20-12)16-19-18-10-25-16/h5-7,10H,4,8-9H2,1-3H3. The molecule has 1 atom stereocenters. The third kappa shape index (κ3) is 3.61. The number of carbonyl (C=O) groups is 1. The largest absolute Gasteiger partial charge is 0.493 e. The summed E-state index contributed by atoms with van der Waals surface area (Å²) in [6.45, 7) is 3.63. The first-order valence-electron chi connectivity index (χ1n) is 8.04. The third-order valence-corrected chi connectivity index (χ3v) is 3.82. The van der Waals surface area contributed by atoms with Crippen LogP contribution in [-0.4, -0.2) is 42.2 Å². The number of aromatic nitrogens is 2. The van der Waals surface area contributed by atoms with Crippen LogP contribution in [0.5, 0.6) is 11.5 Å². The number of hydrogen-bond donors (Lipinski definition) is 0. The second-order valence-electron chi connectivity index (χ2n) is 5.74. The Labute approximate surface area is 149 Å². The number of nitrogens with zero attached hydrogens (tertiary/aromatic N) is 3. The lowest BCUT2D eigenvalue weighted by Gasteiger charge is -2.16. The van der Waals surface area contributed by atoms with Gasteiger partial charge >= 0.3 is 5.97 Å². The molecule has 0 radical (unpaired) electrons. The van der Waals surface area contributed by atoms with Crippen molar-refractivity contribution in [1.82, 2.24) is 10.2 Å². The van der Waals surface area contributed by atoms with Crippen molar-refractivity contribution < 1.29 is 28.3 Å². The number of carbonyl (C=O) groups excluding carboxylic acids is 1. The zero-order valence-corrected chi connectivity index (χ0v) is 14.7. The van der Waals surface area contributed by atoms with E-state index in [9.17, 15) is 4.79 Å². The smallest absolute Gasteiger partial charge is 0.344 e. The summed E-state index contributed by atoms with van der Waals surface area (Å²) in [6, 6.07) is 5.30. The molecule has 0 amide bonds. The normalized spacial score (nSPS) is 18.8. The number of benzene rings is 1. The lowest BCUT2D eigenvalue weighted by molar-refractivity contribution is -0.145. The number of ether oxygens (including phenoxy) is 3. The van der Waals surface area contributed by atoms with E-state index in [1.807, 2.05) is 13.0 Å². The number of methoxy groups -OCH3 is 1. The Morgan fingerprint density at radius 3 is 2.88 bits per heavy atom. The second-order valence-corrected chi connectivity index (χ2v) is 5.74. The van der Waals surface area contributed by atoms with Crippen LogP contribution in [0.25, 0.3) is 0 Å². The first-order valence-corrected chi connectivity index (χ1v) is 8.04. The van der Waals surface area contributed by atoms with Gasteiger partial charge in [-0.05, 0) is 32.0 Å². The molecule has 0 spiro atoms. The Morgan fingerprint density at radius 2 is 2.19 bits per heavy atom. The number of hydrogen-bond acceptors (Lipinski definition) is 9. The van der Waals surface area contributed by atoms with E-state index in [2.05, 4.69) is 15.4 Å². The third-order valence-electron chi connectivity index (χ3n) is 3.82. The molecule has 1 aliphatic rings. The van der Waals surface area contributed by atoms with E-state index in [1.165, 1.54) is 13.5 Å². The van der Waals surface area contributed by atoms with Crippen LogP contribution in [0.15, 0.2) is 34.2 Å². The lowest BCUT2D eigenvalue weighted by atomic mass is 9.95. The molecule has 0 saturated carbocycles. The van der Waals surface area contributed by atoms with Gasteiger partial charge in [-0.25, -0.2) is 4.79 Å². The van der Waals surface area contributed by atoms with E-state index in [4.69, 9.17) is 23.5 Å². The minimum atomic E-state index is -0.822. The first-order chi connectivity index (χ1) is 12.6. The quantitative estimate of drug-likeness (QED) is 0.690. The van der Waals surface area contributed by atoms with Crippen molar-refractivity contribution in [3.63, 3.8) is 0 Å². The Bertz CT molecular complexity index is 805. The van der Waals surface area contributed by atoms with Crippen molar-refractivity contribution in [2.45, 2.75) is 25.9 Å². The molecule has 0 fully saturated rings. The molecular formula is C17H19N3O6. The van der Waals surface area contributed by atoms with Crippen molar-refractivity contribution in [2.75, 3.05) is 20.3 Å². The minimum Gasteiger partial charge on any atom is -0.493 e. The van der Waals surface area contributed by atoms with Gasteiger partial charge < -0.3 is 23.5 Å². The van der Waals surface area contributed by atoms with Crippen molar-refractivity contribution in [1.29, 1.82) is 0 Å². The fourth-order valence-corrected chi connectivity index (χ4v) is 2.52. The summed E-state index contributed by atoms with van der Waals surface area (Å²) in [4.78, 5) is 17.0. The maximum atomic E-state index is 11.5. The van der Waals surface area contributed by atoms with Gasteiger partial charge in [-0.3, -0.25) is 0 Å². The van der Waals surface area contributed by atoms with Gasteiger partial charge in [0.15, 0.2) is 18.1 Å². The number of oxime groups is 1.